The predicted molar refractivity (Wildman–Crippen MR) is 64.2 cm³/mol. The van der Waals surface area contributed by atoms with Gasteiger partial charge in [0, 0.05) is 0 Å². The molecule has 0 radical (unpaired) electrons. The molecule has 0 saturated carbocycles. The van der Waals surface area contributed by atoms with Gasteiger partial charge in [-0.3, -0.25) is 9.69 Å². The normalized spacial score (nSPS) is 21.2. The number of piperidine rings is 1. The van der Waals surface area contributed by atoms with Crippen molar-refractivity contribution >= 4 is 5.97 Å². The molecule has 0 aromatic carbocycles. The molecule has 0 aromatic rings. The monoisotopic (exact) mass is 228 g/mol. The Morgan fingerprint density at radius 3 is 2.38 bits per heavy atom. The van der Waals surface area contributed by atoms with Crippen LogP contribution in [0.2, 0.25) is 0 Å². The van der Waals surface area contributed by atoms with Crippen LogP contribution in [-0.4, -0.2) is 41.7 Å². The van der Waals surface area contributed by atoms with Crippen LogP contribution in [-0.2, 0) is 4.79 Å². The maximum atomic E-state index is 11.1. The zero-order valence-electron chi connectivity index (χ0n) is 10.4. The van der Waals surface area contributed by atoms with Crippen molar-refractivity contribution in [3.8, 4) is 0 Å². The number of rotatable bonds is 5. The van der Waals surface area contributed by atoms with Crippen molar-refractivity contribution in [2.45, 2.75) is 39.2 Å². The summed E-state index contributed by atoms with van der Waals surface area (Å²) in [6.07, 6.45) is 2.79. The second-order valence-corrected chi connectivity index (χ2v) is 5.05. The van der Waals surface area contributed by atoms with Crippen LogP contribution in [0.4, 0.5) is 0 Å². The van der Waals surface area contributed by atoms with Crippen molar-refractivity contribution < 1.29 is 9.90 Å². The molecule has 1 aliphatic rings. The lowest BCUT2D eigenvalue weighted by Crippen LogP contribution is -2.47. The number of aliphatic carboxylic acids is 1. The van der Waals surface area contributed by atoms with E-state index in [4.69, 9.17) is 10.8 Å². The maximum absolute atomic E-state index is 11.1. The Morgan fingerprint density at radius 2 is 2.00 bits per heavy atom. The Labute approximate surface area is 97.8 Å². The number of hydrogen-bond acceptors (Lipinski definition) is 3. The van der Waals surface area contributed by atoms with E-state index in [1.165, 1.54) is 0 Å². The molecule has 1 unspecified atom stereocenters. The van der Waals surface area contributed by atoms with Gasteiger partial charge < -0.3 is 10.8 Å². The fraction of sp³-hybridized carbons (Fsp3) is 0.917. The van der Waals surface area contributed by atoms with Gasteiger partial charge in [-0.2, -0.15) is 0 Å². The third-order valence-corrected chi connectivity index (χ3v) is 3.68. The van der Waals surface area contributed by atoms with Crippen molar-refractivity contribution in [3.63, 3.8) is 0 Å². The molecule has 1 heterocycles. The summed E-state index contributed by atoms with van der Waals surface area (Å²) < 4.78 is 0. The lowest BCUT2D eigenvalue weighted by Gasteiger charge is -2.37. The van der Waals surface area contributed by atoms with Crippen LogP contribution in [0.5, 0.6) is 0 Å². The molecule has 3 N–H and O–H groups in total. The number of likely N-dealkylation sites (tertiary alicyclic amines) is 1. The van der Waals surface area contributed by atoms with Gasteiger partial charge in [0.05, 0.1) is 0 Å². The first-order chi connectivity index (χ1) is 7.56. The van der Waals surface area contributed by atoms with E-state index in [9.17, 15) is 4.79 Å². The van der Waals surface area contributed by atoms with Crippen LogP contribution in [0, 0.1) is 11.8 Å². The third kappa shape index (κ3) is 3.46. The van der Waals surface area contributed by atoms with Gasteiger partial charge in [-0.05, 0) is 50.7 Å². The lowest BCUT2D eigenvalue weighted by molar-refractivity contribution is -0.144. The standard InChI is InChI=1S/C12H24N2O2/c1-9(2)10-4-7-14(8-5-10)11(3-6-13)12(15)16/h9-11H,3-8,13H2,1-2H3,(H,15,16). The molecule has 1 atom stereocenters. The molecule has 0 spiro atoms. The van der Waals surface area contributed by atoms with E-state index in [0.29, 0.717) is 18.9 Å². The summed E-state index contributed by atoms with van der Waals surface area (Å²) in [5.74, 6) is 0.733. The highest BCUT2D eigenvalue weighted by atomic mass is 16.4. The van der Waals surface area contributed by atoms with E-state index in [1.807, 2.05) is 0 Å². The van der Waals surface area contributed by atoms with E-state index >= 15 is 0 Å². The van der Waals surface area contributed by atoms with Gasteiger partial charge in [0.25, 0.3) is 0 Å². The first-order valence-electron chi connectivity index (χ1n) is 6.23. The zero-order valence-corrected chi connectivity index (χ0v) is 10.4. The highest BCUT2D eigenvalue weighted by Gasteiger charge is 2.29. The molecule has 94 valence electrons. The SMILES string of the molecule is CC(C)C1CCN(C(CCN)C(=O)O)CC1. The topological polar surface area (TPSA) is 66.6 Å². The fourth-order valence-corrected chi connectivity index (χ4v) is 2.52. The maximum Gasteiger partial charge on any atom is 0.320 e. The van der Waals surface area contributed by atoms with Gasteiger partial charge in [-0.25, -0.2) is 0 Å². The number of hydrogen-bond donors (Lipinski definition) is 2. The zero-order chi connectivity index (χ0) is 12.1. The van der Waals surface area contributed by atoms with E-state index in [1.54, 1.807) is 0 Å². The van der Waals surface area contributed by atoms with Crippen LogP contribution in [0.25, 0.3) is 0 Å². The molecule has 0 bridgehead atoms. The molecule has 1 rings (SSSR count). The molecule has 0 amide bonds. The highest BCUT2D eigenvalue weighted by molar-refractivity contribution is 5.73. The van der Waals surface area contributed by atoms with Crippen LogP contribution in [0.15, 0.2) is 0 Å². The summed E-state index contributed by atoms with van der Waals surface area (Å²) in [5.41, 5.74) is 5.46. The quantitative estimate of drug-likeness (QED) is 0.741. The summed E-state index contributed by atoms with van der Waals surface area (Å²) in [6.45, 7) is 6.74. The van der Waals surface area contributed by atoms with E-state index in [-0.39, 0.29) is 6.04 Å². The number of carbonyl (C=O) groups is 1. The van der Waals surface area contributed by atoms with Gasteiger partial charge in [0.1, 0.15) is 6.04 Å². The van der Waals surface area contributed by atoms with Crippen molar-refractivity contribution in [2.24, 2.45) is 17.6 Å². The minimum absolute atomic E-state index is 0.377. The number of carboxylic acid groups (broad SMARTS) is 1. The summed E-state index contributed by atoms with van der Waals surface area (Å²) in [6, 6.07) is -0.377. The molecule has 4 heteroatoms. The Hall–Kier alpha value is -0.610. The minimum Gasteiger partial charge on any atom is -0.480 e. The smallest absolute Gasteiger partial charge is 0.320 e. The molecule has 1 fully saturated rings. The average molecular weight is 228 g/mol. The van der Waals surface area contributed by atoms with Crippen LogP contribution >= 0.6 is 0 Å². The number of nitrogens with two attached hydrogens (primary N) is 1. The van der Waals surface area contributed by atoms with Gasteiger partial charge in [0.2, 0.25) is 0 Å². The molecule has 4 nitrogen and oxygen atoms in total. The van der Waals surface area contributed by atoms with Crippen molar-refractivity contribution in [2.75, 3.05) is 19.6 Å². The first kappa shape index (κ1) is 13.5. The summed E-state index contributed by atoms with van der Waals surface area (Å²) >= 11 is 0. The van der Waals surface area contributed by atoms with Crippen LogP contribution in [0.1, 0.15) is 33.1 Å². The van der Waals surface area contributed by atoms with Crippen molar-refractivity contribution in [1.82, 2.24) is 4.90 Å². The largest absolute Gasteiger partial charge is 0.480 e. The van der Waals surface area contributed by atoms with Crippen LogP contribution < -0.4 is 5.73 Å². The van der Waals surface area contributed by atoms with E-state index < -0.39 is 5.97 Å². The highest BCUT2D eigenvalue weighted by Crippen LogP contribution is 2.25. The predicted octanol–water partition coefficient (Wildman–Crippen LogP) is 1.16. The van der Waals surface area contributed by atoms with E-state index in [2.05, 4.69) is 18.7 Å². The van der Waals surface area contributed by atoms with Crippen molar-refractivity contribution in [1.29, 1.82) is 0 Å². The minimum atomic E-state index is -0.728. The first-order valence-corrected chi connectivity index (χ1v) is 6.23. The molecule has 0 aliphatic carbocycles. The van der Waals surface area contributed by atoms with Gasteiger partial charge >= 0.3 is 5.97 Å². The second kappa shape index (κ2) is 6.21. The second-order valence-electron chi connectivity index (χ2n) is 5.05. The summed E-state index contributed by atoms with van der Waals surface area (Å²) in [7, 11) is 0. The number of carboxylic acids is 1. The van der Waals surface area contributed by atoms with Crippen LogP contribution in [0.3, 0.4) is 0 Å². The fourth-order valence-electron chi connectivity index (χ4n) is 2.52. The summed E-state index contributed by atoms with van der Waals surface area (Å²) in [4.78, 5) is 13.2. The molecule has 0 aromatic heterocycles. The van der Waals surface area contributed by atoms with Crippen molar-refractivity contribution in [3.05, 3.63) is 0 Å². The molecule has 1 saturated heterocycles. The number of nitrogens with zero attached hydrogens (tertiary/aromatic N) is 1. The molecular weight excluding hydrogens is 204 g/mol. The Morgan fingerprint density at radius 1 is 1.44 bits per heavy atom. The summed E-state index contributed by atoms with van der Waals surface area (Å²) in [5, 5.41) is 9.13. The van der Waals surface area contributed by atoms with Gasteiger partial charge in [-0.15, -0.1) is 0 Å². The lowest BCUT2D eigenvalue weighted by atomic mass is 9.86. The molecule has 1 aliphatic heterocycles. The van der Waals surface area contributed by atoms with Gasteiger partial charge in [0.15, 0.2) is 0 Å². The Kier molecular flexibility index (Phi) is 5.22. The molecular formula is C12H24N2O2. The third-order valence-electron chi connectivity index (χ3n) is 3.68. The van der Waals surface area contributed by atoms with E-state index in [0.717, 1.165) is 31.8 Å². The Balaban J connectivity index is 2.47. The Bertz CT molecular complexity index is 223. The average Bonchev–Trinajstić information content (AvgIpc) is 2.25. The molecule has 16 heavy (non-hydrogen) atoms. The van der Waals surface area contributed by atoms with Gasteiger partial charge in [-0.1, -0.05) is 13.8 Å².